The molecule has 1 saturated heterocycles. The van der Waals surface area contributed by atoms with Gasteiger partial charge in [-0.25, -0.2) is 9.48 Å². The van der Waals surface area contributed by atoms with Crippen LogP contribution in [0.4, 0.5) is 16.3 Å². The van der Waals surface area contributed by atoms with E-state index in [0.717, 1.165) is 41.1 Å². The van der Waals surface area contributed by atoms with E-state index in [4.69, 9.17) is 14.6 Å². The summed E-state index contributed by atoms with van der Waals surface area (Å²) < 4.78 is 12.6. The molecule has 8 heteroatoms. The highest BCUT2D eigenvalue weighted by molar-refractivity contribution is 6.06. The van der Waals surface area contributed by atoms with Crippen molar-refractivity contribution in [2.45, 2.75) is 6.92 Å². The summed E-state index contributed by atoms with van der Waals surface area (Å²) in [5.74, 6) is 1.31. The number of aromatic nitrogens is 2. The average molecular weight is 395 g/mol. The Hall–Kier alpha value is -3.26. The fraction of sp³-hybridized carbons (Fsp3) is 0.333. The summed E-state index contributed by atoms with van der Waals surface area (Å²) in [7, 11) is 1.64. The van der Waals surface area contributed by atoms with Gasteiger partial charge in [0.1, 0.15) is 5.75 Å². The van der Waals surface area contributed by atoms with Crippen molar-refractivity contribution >= 4 is 28.4 Å². The highest BCUT2D eigenvalue weighted by Gasteiger charge is 2.21. The molecular formula is C21H25N5O3. The highest BCUT2D eigenvalue weighted by atomic mass is 16.5. The standard InChI is InChI=1S/C21H25N5O3/c1-3-22-21(27)23-20-19-17(25-11-13-29-14-12-25)5-4-6-18(19)26(24-20)15-7-9-16(28-2)10-8-15/h4-10H,3,11-14H2,1-2H3,(H2,22,23,24,27). The zero-order chi connectivity index (χ0) is 20.2. The third kappa shape index (κ3) is 3.84. The SMILES string of the molecule is CCNC(=O)Nc1nn(-c2ccc(OC)cc2)c2cccc(N3CCOCC3)c12. The van der Waals surface area contributed by atoms with Crippen molar-refractivity contribution in [1.29, 1.82) is 0 Å². The number of morpholine rings is 1. The molecule has 3 aromatic rings. The molecule has 0 unspecified atom stereocenters. The van der Waals surface area contributed by atoms with Gasteiger partial charge in [0.05, 0.1) is 42.6 Å². The maximum Gasteiger partial charge on any atom is 0.320 e. The van der Waals surface area contributed by atoms with Crippen LogP contribution >= 0.6 is 0 Å². The Balaban J connectivity index is 1.84. The minimum Gasteiger partial charge on any atom is -0.497 e. The van der Waals surface area contributed by atoms with Crippen molar-refractivity contribution in [2.24, 2.45) is 0 Å². The molecule has 1 aliphatic heterocycles. The van der Waals surface area contributed by atoms with E-state index in [0.29, 0.717) is 25.6 Å². The number of nitrogens with one attached hydrogen (secondary N) is 2. The van der Waals surface area contributed by atoms with Crippen LogP contribution in [0, 0.1) is 0 Å². The lowest BCUT2D eigenvalue weighted by Crippen LogP contribution is -2.36. The fourth-order valence-electron chi connectivity index (χ4n) is 3.54. The van der Waals surface area contributed by atoms with E-state index in [1.807, 2.05) is 48.0 Å². The van der Waals surface area contributed by atoms with Crippen molar-refractivity contribution in [3.8, 4) is 11.4 Å². The number of amides is 2. The lowest BCUT2D eigenvalue weighted by atomic mass is 10.1. The molecule has 29 heavy (non-hydrogen) atoms. The van der Waals surface area contributed by atoms with E-state index in [1.54, 1.807) is 7.11 Å². The second-order valence-corrected chi connectivity index (χ2v) is 6.71. The molecule has 152 valence electrons. The number of rotatable bonds is 5. The lowest BCUT2D eigenvalue weighted by Gasteiger charge is -2.29. The Labute approximate surface area is 169 Å². The van der Waals surface area contributed by atoms with Gasteiger partial charge in [-0.05, 0) is 43.3 Å². The Kier molecular flexibility index (Phi) is 5.53. The normalized spacial score (nSPS) is 14.1. The quantitative estimate of drug-likeness (QED) is 0.694. The van der Waals surface area contributed by atoms with E-state index in [1.165, 1.54) is 0 Å². The second-order valence-electron chi connectivity index (χ2n) is 6.71. The Morgan fingerprint density at radius 3 is 2.62 bits per heavy atom. The van der Waals surface area contributed by atoms with Crippen molar-refractivity contribution in [2.75, 3.05) is 50.2 Å². The number of methoxy groups -OCH3 is 1. The first-order chi connectivity index (χ1) is 14.2. The van der Waals surface area contributed by atoms with Crippen LogP contribution in [-0.2, 0) is 4.74 Å². The summed E-state index contributed by atoms with van der Waals surface area (Å²) in [6.07, 6.45) is 0. The summed E-state index contributed by atoms with van der Waals surface area (Å²) in [5, 5.41) is 11.3. The van der Waals surface area contributed by atoms with Crippen LogP contribution in [0.15, 0.2) is 42.5 Å². The van der Waals surface area contributed by atoms with Crippen LogP contribution in [-0.4, -0.2) is 55.8 Å². The molecule has 1 aromatic heterocycles. The molecule has 2 aromatic carbocycles. The number of hydrogen-bond donors (Lipinski definition) is 2. The molecule has 4 rings (SSSR count). The molecule has 2 N–H and O–H groups in total. The predicted octanol–water partition coefficient (Wildman–Crippen LogP) is 3.01. The molecule has 2 amide bonds. The van der Waals surface area contributed by atoms with Crippen molar-refractivity contribution in [1.82, 2.24) is 15.1 Å². The van der Waals surface area contributed by atoms with E-state index in [2.05, 4.69) is 21.6 Å². The van der Waals surface area contributed by atoms with Gasteiger partial charge in [-0.2, -0.15) is 0 Å². The number of anilines is 2. The van der Waals surface area contributed by atoms with Gasteiger partial charge in [0.25, 0.3) is 0 Å². The first-order valence-corrected chi connectivity index (χ1v) is 9.75. The van der Waals surface area contributed by atoms with Gasteiger partial charge in [-0.15, -0.1) is 5.10 Å². The zero-order valence-corrected chi connectivity index (χ0v) is 16.6. The molecule has 2 heterocycles. The third-order valence-electron chi connectivity index (χ3n) is 4.92. The number of hydrogen-bond acceptors (Lipinski definition) is 5. The largest absolute Gasteiger partial charge is 0.497 e. The second kappa shape index (κ2) is 8.40. The molecule has 0 atom stereocenters. The molecule has 0 spiro atoms. The number of nitrogens with zero attached hydrogens (tertiary/aromatic N) is 3. The van der Waals surface area contributed by atoms with Gasteiger partial charge in [0.2, 0.25) is 0 Å². The summed E-state index contributed by atoms with van der Waals surface area (Å²) >= 11 is 0. The summed E-state index contributed by atoms with van der Waals surface area (Å²) in [5.41, 5.74) is 2.85. The summed E-state index contributed by atoms with van der Waals surface area (Å²) in [6, 6.07) is 13.5. The third-order valence-corrected chi connectivity index (χ3v) is 4.92. The van der Waals surface area contributed by atoms with Crippen molar-refractivity contribution < 1.29 is 14.3 Å². The number of fused-ring (bicyclic) bond motifs is 1. The maximum atomic E-state index is 12.3. The number of carbonyl (C=O) groups excluding carboxylic acids is 1. The first-order valence-electron chi connectivity index (χ1n) is 9.75. The molecule has 0 aliphatic carbocycles. The molecule has 8 nitrogen and oxygen atoms in total. The van der Waals surface area contributed by atoms with E-state index in [-0.39, 0.29) is 6.03 Å². The fourth-order valence-corrected chi connectivity index (χ4v) is 3.54. The molecular weight excluding hydrogens is 370 g/mol. The molecule has 1 fully saturated rings. The van der Waals surface area contributed by atoms with Crippen LogP contribution in [0.5, 0.6) is 5.75 Å². The molecule has 0 saturated carbocycles. The topological polar surface area (TPSA) is 80.7 Å². The molecule has 1 aliphatic rings. The van der Waals surface area contributed by atoms with Crippen LogP contribution in [0.25, 0.3) is 16.6 Å². The van der Waals surface area contributed by atoms with Crippen molar-refractivity contribution in [3.63, 3.8) is 0 Å². The monoisotopic (exact) mass is 395 g/mol. The van der Waals surface area contributed by atoms with E-state index in [9.17, 15) is 4.79 Å². The number of carbonyl (C=O) groups is 1. The van der Waals surface area contributed by atoms with Crippen LogP contribution in [0.1, 0.15) is 6.92 Å². The Morgan fingerprint density at radius 2 is 1.93 bits per heavy atom. The smallest absolute Gasteiger partial charge is 0.320 e. The first kappa shape index (κ1) is 19.1. The minimum absolute atomic E-state index is 0.273. The van der Waals surface area contributed by atoms with Crippen LogP contribution < -0.4 is 20.3 Å². The van der Waals surface area contributed by atoms with E-state index < -0.39 is 0 Å². The highest BCUT2D eigenvalue weighted by Crippen LogP contribution is 2.35. The van der Waals surface area contributed by atoms with Gasteiger partial charge >= 0.3 is 6.03 Å². The molecule has 0 radical (unpaired) electrons. The van der Waals surface area contributed by atoms with Gasteiger partial charge in [-0.3, -0.25) is 5.32 Å². The summed E-state index contributed by atoms with van der Waals surface area (Å²) in [4.78, 5) is 14.5. The van der Waals surface area contributed by atoms with Gasteiger partial charge in [-0.1, -0.05) is 6.07 Å². The van der Waals surface area contributed by atoms with Gasteiger partial charge < -0.3 is 19.7 Å². The lowest BCUT2D eigenvalue weighted by molar-refractivity contribution is 0.123. The minimum atomic E-state index is -0.273. The van der Waals surface area contributed by atoms with Gasteiger partial charge in [0.15, 0.2) is 5.82 Å². The van der Waals surface area contributed by atoms with Crippen LogP contribution in [0.3, 0.4) is 0 Å². The molecule has 0 bridgehead atoms. The number of benzene rings is 2. The Bertz CT molecular complexity index is 993. The zero-order valence-electron chi connectivity index (χ0n) is 16.6. The Morgan fingerprint density at radius 1 is 1.17 bits per heavy atom. The van der Waals surface area contributed by atoms with Crippen molar-refractivity contribution in [3.05, 3.63) is 42.5 Å². The number of urea groups is 1. The number of ether oxygens (including phenoxy) is 2. The average Bonchev–Trinajstić information content (AvgIpc) is 3.13. The predicted molar refractivity (Wildman–Crippen MR) is 113 cm³/mol. The van der Waals surface area contributed by atoms with E-state index >= 15 is 0 Å². The maximum absolute atomic E-state index is 12.3. The van der Waals surface area contributed by atoms with Crippen LogP contribution in [0.2, 0.25) is 0 Å². The summed E-state index contributed by atoms with van der Waals surface area (Å²) in [6.45, 7) is 5.39. The van der Waals surface area contributed by atoms with Gasteiger partial charge in [0, 0.05) is 19.6 Å².